The van der Waals surface area contributed by atoms with Crippen LogP contribution in [0.5, 0.6) is 0 Å². The zero-order chi connectivity index (χ0) is 14.9. The van der Waals surface area contributed by atoms with E-state index in [-0.39, 0.29) is 12.3 Å². The van der Waals surface area contributed by atoms with E-state index in [0.717, 1.165) is 0 Å². The average molecular weight is 295 g/mol. The molecule has 112 valence electrons. The number of rotatable bonds is 3. The SMILES string of the molecule is NC(CC1CCOCC1)c1c(F)c(F)c(F)c(F)c1F. The molecule has 1 aromatic rings. The molecule has 1 aliphatic heterocycles. The minimum absolute atomic E-state index is 0.0497. The van der Waals surface area contributed by atoms with Gasteiger partial charge in [-0.15, -0.1) is 0 Å². The molecule has 2 nitrogen and oxygen atoms in total. The first kappa shape index (κ1) is 15.2. The molecule has 2 N–H and O–H groups in total. The molecular weight excluding hydrogens is 281 g/mol. The third-order valence-corrected chi connectivity index (χ3v) is 3.54. The molecular formula is C13H14F5NO. The van der Waals surface area contributed by atoms with Crippen molar-refractivity contribution in [2.24, 2.45) is 11.7 Å². The van der Waals surface area contributed by atoms with Crippen molar-refractivity contribution in [3.63, 3.8) is 0 Å². The minimum Gasteiger partial charge on any atom is -0.381 e. The molecule has 1 unspecified atom stereocenters. The summed E-state index contributed by atoms with van der Waals surface area (Å²) < 4.78 is 71.4. The van der Waals surface area contributed by atoms with Crippen LogP contribution in [0.3, 0.4) is 0 Å². The van der Waals surface area contributed by atoms with E-state index in [1.807, 2.05) is 0 Å². The first-order valence-corrected chi connectivity index (χ1v) is 6.28. The summed E-state index contributed by atoms with van der Waals surface area (Å²) in [5.74, 6) is -9.72. The van der Waals surface area contributed by atoms with Gasteiger partial charge >= 0.3 is 0 Å². The summed E-state index contributed by atoms with van der Waals surface area (Å²) in [5.41, 5.74) is 4.70. The molecule has 1 aromatic carbocycles. The average Bonchev–Trinajstić information content (AvgIpc) is 2.44. The molecule has 0 aromatic heterocycles. The number of nitrogens with two attached hydrogens (primary N) is 1. The van der Waals surface area contributed by atoms with Gasteiger partial charge in [-0.1, -0.05) is 0 Å². The highest BCUT2D eigenvalue weighted by Crippen LogP contribution is 2.32. The van der Waals surface area contributed by atoms with E-state index in [1.54, 1.807) is 0 Å². The lowest BCUT2D eigenvalue weighted by atomic mass is 9.89. The van der Waals surface area contributed by atoms with Crippen molar-refractivity contribution in [3.05, 3.63) is 34.6 Å². The fraction of sp³-hybridized carbons (Fsp3) is 0.538. The van der Waals surface area contributed by atoms with Gasteiger partial charge in [0.05, 0.1) is 0 Å². The van der Waals surface area contributed by atoms with Crippen molar-refractivity contribution in [3.8, 4) is 0 Å². The largest absolute Gasteiger partial charge is 0.381 e. The number of ether oxygens (including phenoxy) is 1. The Morgan fingerprint density at radius 1 is 0.900 bits per heavy atom. The van der Waals surface area contributed by atoms with E-state index in [2.05, 4.69) is 0 Å². The molecule has 0 saturated carbocycles. The predicted octanol–water partition coefficient (Wildman–Crippen LogP) is 3.20. The van der Waals surface area contributed by atoms with Crippen LogP contribution in [0.1, 0.15) is 30.9 Å². The van der Waals surface area contributed by atoms with Gasteiger partial charge in [0.25, 0.3) is 0 Å². The van der Waals surface area contributed by atoms with Crippen molar-refractivity contribution in [1.29, 1.82) is 0 Å². The Bertz CT molecular complexity index is 473. The Morgan fingerprint density at radius 2 is 1.35 bits per heavy atom. The van der Waals surface area contributed by atoms with Crippen molar-refractivity contribution in [2.45, 2.75) is 25.3 Å². The highest BCUT2D eigenvalue weighted by Gasteiger charge is 2.30. The van der Waals surface area contributed by atoms with E-state index in [4.69, 9.17) is 10.5 Å². The lowest BCUT2D eigenvalue weighted by Crippen LogP contribution is -2.24. The number of hydrogen-bond donors (Lipinski definition) is 1. The molecule has 1 atom stereocenters. The Hall–Kier alpha value is -1.21. The summed E-state index contributed by atoms with van der Waals surface area (Å²) in [6.45, 7) is 1.02. The van der Waals surface area contributed by atoms with Crippen molar-refractivity contribution in [2.75, 3.05) is 13.2 Å². The highest BCUT2D eigenvalue weighted by atomic mass is 19.2. The summed E-state index contributed by atoms with van der Waals surface area (Å²) in [7, 11) is 0. The Morgan fingerprint density at radius 3 is 1.85 bits per heavy atom. The quantitative estimate of drug-likeness (QED) is 0.528. The summed E-state index contributed by atoms with van der Waals surface area (Å²) in [4.78, 5) is 0. The Labute approximate surface area is 112 Å². The van der Waals surface area contributed by atoms with Gasteiger partial charge in [0, 0.05) is 24.8 Å². The van der Waals surface area contributed by atoms with Crippen LogP contribution in [-0.2, 0) is 4.74 Å². The highest BCUT2D eigenvalue weighted by molar-refractivity contribution is 5.26. The van der Waals surface area contributed by atoms with Crippen LogP contribution in [0.4, 0.5) is 22.0 Å². The van der Waals surface area contributed by atoms with Crippen molar-refractivity contribution >= 4 is 0 Å². The number of halogens is 5. The van der Waals surface area contributed by atoms with Gasteiger partial charge in [-0.25, -0.2) is 22.0 Å². The maximum atomic E-state index is 13.6. The van der Waals surface area contributed by atoms with E-state index in [1.165, 1.54) is 0 Å². The molecule has 0 bridgehead atoms. The van der Waals surface area contributed by atoms with Crippen LogP contribution < -0.4 is 5.73 Å². The number of benzene rings is 1. The Kier molecular flexibility index (Phi) is 4.59. The lowest BCUT2D eigenvalue weighted by molar-refractivity contribution is 0.0615. The smallest absolute Gasteiger partial charge is 0.200 e. The second kappa shape index (κ2) is 6.05. The van der Waals surface area contributed by atoms with E-state index >= 15 is 0 Å². The fourth-order valence-electron chi connectivity index (χ4n) is 2.41. The molecule has 0 radical (unpaired) electrons. The topological polar surface area (TPSA) is 35.2 Å². The minimum atomic E-state index is -2.16. The molecule has 1 fully saturated rings. The first-order valence-electron chi connectivity index (χ1n) is 6.28. The van der Waals surface area contributed by atoms with Gasteiger partial charge in [-0.2, -0.15) is 0 Å². The second-order valence-corrected chi connectivity index (χ2v) is 4.88. The fourth-order valence-corrected chi connectivity index (χ4v) is 2.41. The third kappa shape index (κ3) is 2.78. The van der Waals surface area contributed by atoms with Crippen molar-refractivity contribution < 1.29 is 26.7 Å². The molecule has 2 rings (SSSR count). The normalized spacial score (nSPS) is 18.3. The van der Waals surface area contributed by atoms with Crippen molar-refractivity contribution in [1.82, 2.24) is 0 Å². The number of hydrogen-bond acceptors (Lipinski definition) is 2. The monoisotopic (exact) mass is 295 g/mol. The van der Waals surface area contributed by atoms with Crippen LogP contribution in [0.15, 0.2) is 0 Å². The molecule has 1 saturated heterocycles. The summed E-state index contributed by atoms with van der Waals surface area (Å²) in [6, 6.07) is -1.23. The maximum absolute atomic E-state index is 13.6. The summed E-state index contributed by atoms with van der Waals surface area (Å²) >= 11 is 0. The summed E-state index contributed by atoms with van der Waals surface area (Å²) in [5, 5.41) is 0. The molecule has 0 spiro atoms. The van der Waals surface area contributed by atoms with Gasteiger partial charge in [0.15, 0.2) is 23.3 Å². The zero-order valence-corrected chi connectivity index (χ0v) is 10.6. The molecule has 0 aliphatic carbocycles. The summed E-state index contributed by atoms with van der Waals surface area (Å²) in [6.07, 6.45) is 1.47. The molecule has 7 heteroatoms. The van der Waals surface area contributed by atoms with Gasteiger partial charge in [-0.05, 0) is 25.2 Å². The predicted molar refractivity (Wildman–Crippen MR) is 61.3 cm³/mol. The Balaban J connectivity index is 2.27. The maximum Gasteiger partial charge on any atom is 0.200 e. The molecule has 1 aliphatic rings. The zero-order valence-electron chi connectivity index (χ0n) is 10.6. The van der Waals surface area contributed by atoms with Gasteiger partial charge in [-0.3, -0.25) is 0 Å². The van der Waals surface area contributed by atoms with Gasteiger partial charge < -0.3 is 10.5 Å². The van der Waals surface area contributed by atoms with Crippen LogP contribution in [0, 0.1) is 35.0 Å². The molecule has 1 heterocycles. The first-order chi connectivity index (χ1) is 9.43. The van der Waals surface area contributed by atoms with Gasteiger partial charge in [0.2, 0.25) is 5.82 Å². The second-order valence-electron chi connectivity index (χ2n) is 4.88. The third-order valence-electron chi connectivity index (χ3n) is 3.54. The van der Waals surface area contributed by atoms with Crippen LogP contribution in [-0.4, -0.2) is 13.2 Å². The van der Waals surface area contributed by atoms with E-state index in [0.29, 0.717) is 26.1 Å². The van der Waals surface area contributed by atoms with Crippen LogP contribution in [0.2, 0.25) is 0 Å². The van der Waals surface area contributed by atoms with Crippen LogP contribution in [0.25, 0.3) is 0 Å². The molecule has 0 amide bonds. The standard InChI is InChI=1S/C13H14F5NO/c14-9-8(10(15)12(17)13(18)11(9)16)7(19)5-6-1-3-20-4-2-6/h6-7H,1-5,19H2. The van der Waals surface area contributed by atoms with Crippen LogP contribution >= 0.6 is 0 Å². The van der Waals surface area contributed by atoms with Gasteiger partial charge in [0.1, 0.15) is 0 Å². The lowest BCUT2D eigenvalue weighted by Gasteiger charge is -2.25. The molecule has 20 heavy (non-hydrogen) atoms. The van der Waals surface area contributed by atoms with E-state index in [9.17, 15) is 22.0 Å². The van der Waals surface area contributed by atoms with E-state index < -0.39 is 40.7 Å².